The normalized spacial score (nSPS) is 48.3. The van der Waals surface area contributed by atoms with Gasteiger partial charge in [0.15, 0.2) is 0 Å². The van der Waals surface area contributed by atoms with E-state index in [-0.39, 0.29) is 0 Å². The molecule has 0 amide bonds. The maximum atomic E-state index is 9.40. The molecular formula is C20H30O. The minimum Gasteiger partial charge on any atom is -0.396 e. The Hall–Kier alpha value is -0.560. The predicted octanol–water partition coefficient (Wildman–Crippen LogP) is 4.72. The van der Waals surface area contributed by atoms with Gasteiger partial charge in [-0.25, -0.2) is 0 Å². The van der Waals surface area contributed by atoms with Crippen LogP contribution in [0.25, 0.3) is 0 Å². The van der Waals surface area contributed by atoms with E-state index in [0.717, 1.165) is 36.0 Å². The maximum absolute atomic E-state index is 9.40. The van der Waals surface area contributed by atoms with Gasteiger partial charge in [0.05, 0.1) is 0 Å². The summed E-state index contributed by atoms with van der Waals surface area (Å²) in [5.74, 6) is 4.48. The monoisotopic (exact) mass is 286 g/mol. The molecule has 0 heterocycles. The molecule has 0 radical (unpaired) electrons. The molecule has 1 heteroatoms. The molecule has 4 rings (SSSR count). The third-order valence-electron chi connectivity index (χ3n) is 7.69. The lowest BCUT2D eigenvalue weighted by molar-refractivity contribution is -0.0135. The number of rotatable bonds is 2. The van der Waals surface area contributed by atoms with Crippen molar-refractivity contribution in [2.24, 2.45) is 35.0 Å². The molecule has 6 atom stereocenters. The summed E-state index contributed by atoms with van der Waals surface area (Å²) in [6.45, 7) is 2.94. The number of aliphatic hydroxyl groups excluding tert-OH is 1. The number of aliphatic hydroxyl groups is 1. The Morgan fingerprint density at radius 3 is 2.95 bits per heavy atom. The van der Waals surface area contributed by atoms with E-state index in [4.69, 9.17) is 0 Å². The summed E-state index contributed by atoms with van der Waals surface area (Å²) in [6.07, 6.45) is 18.1. The Kier molecular flexibility index (Phi) is 3.52. The van der Waals surface area contributed by atoms with Crippen molar-refractivity contribution in [1.29, 1.82) is 0 Å². The van der Waals surface area contributed by atoms with Crippen LogP contribution in [0.5, 0.6) is 0 Å². The van der Waals surface area contributed by atoms with Crippen LogP contribution >= 0.6 is 0 Å². The molecule has 0 aromatic rings. The Morgan fingerprint density at radius 1 is 1.19 bits per heavy atom. The average molecular weight is 286 g/mol. The van der Waals surface area contributed by atoms with Crippen molar-refractivity contribution in [2.45, 2.75) is 58.3 Å². The van der Waals surface area contributed by atoms with Gasteiger partial charge >= 0.3 is 0 Å². The van der Waals surface area contributed by atoms with Crippen LogP contribution in [-0.2, 0) is 0 Å². The minimum absolute atomic E-state index is 0.387. The molecule has 0 bridgehead atoms. The molecule has 0 saturated heterocycles. The van der Waals surface area contributed by atoms with Gasteiger partial charge in [-0.2, -0.15) is 0 Å². The molecular weight excluding hydrogens is 256 g/mol. The molecule has 2 fully saturated rings. The summed E-state index contributed by atoms with van der Waals surface area (Å²) in [7, 11) is 0. The second-order valence-corrected chi connectivity index (χ2v) is 8.29. The highest BCUT2D eigenvalue weighted by Gasteiger charge is 2.54. The van der Waals surface area contributed by atoms with Gasteiger partial charge in [0.25, 0.3) is 0 Å². The second kappa shape index (κ2) is 5.26. The zero-order valence-electron chi connectivity index (χ0n) is 13.4. The molecule has 4 aliphatic carbocycles. The van der Waals surface area contributed by atoms with Crippen molar-refractivity contribution in [1.82, 2.24) is 0 Å². The smallest absolute Gasteiger partial charge is 0.0433 e. The van der Waals surface area contributed by atoms with Crippen LogP contribution in [0.2, 0.25) is 0 Å². The van der Waals surface area contributed by atoms with E-state index >= 15 is 0 Å². The first kappa shape index (κ1) is 14.1. The van der Waals surface area contributed by atoms with E-state index in [0.29, 0.717) is 12.0 Å². The number of fused-ring (bicyclic) bond motifs is 5. The molecule has 4 aliphatic rings. The molecule has 0 aliphatic heterocycles. The largest absolute Gasteiger partial charge is 0.396 e. The second-order valence-electron chi connectivity index (χ2n) is 8.29. The highest BCUT2D eigenvalue weighted by atomic mass is 16.3. The van der Waals surface area contributed by atoms with Crippen LogP contribution in [0.4, 0.5) is 0 Å². The zero-order chi connectivity index (χ0) is 14.4. The van der Waals surface area contributed by atoms with Crippen molar-refractivity contribution in [3.05, 3.63) is 23.8 Å². The van der Waals surface area contributed by atoms with E-state index in [2.05, 4.69) is 25.2 Å². The predicted molar refractivity (Wildman–Crippen MR) is 86.8 cm³/mol. The van der Waals surface area contributed by atoms with Crippen LogP contribution in [0.1, 0.15) is 58.3 Å². The number of hydrogen-bond acceptors (Lipinski definition) is 1. The fraction of sp³-hybridized carbons (Fsp3) is 0.800. The Bertz CT molecular complexity index is 462. The van der Waals surface area contributed by atoms with Crippen LogP contribution in [0.3, 0.4) is 0 Å². The van der Waals surface area contributed by atoms with E-state index in [1.165, 1.54) is 44.9 Å². The fourth-order valence-electron chi connectivity index (χ4n) is 6.63. The summed E-state index contributed by atoms with van der Waals surface area (Å²) in [4.78, 5) is 0. The van der Waals surface area contributed by atoms with Gasteiger partial charge in [0.2, 0.25) is 0 Å². The fourth-order valence-corrected chi connectivity index (χ4v) is 6.63. The molecule has 21 heavy (non-hydrogen) atoms. The SMILES string of the molecule is C[C@]12CC[C@H]3[C@@H](CC=C4C=CCC[C@@H]43)[C@@H]1CC[C@H]2CCO. The standard InChI is InChI=1S/C20H30O/c1-20-12-10-17-16-5-3-2-4-14(16)6-8-18(17)19(20)9-7-15(20)11-13-21/h2,4,6,15-19,21H,3,5,7-13H2,1H3/t15-,16-,17+,18+,19-,20+/m0/s1. The number of allylic oxidation sites excluding steroid dienone is 4. The molecule has 0 aromatic carbocycles. The lowest BCUT2D eigenvalue weighted by Gasteiger charge is -2.53. The van der Waals surface area contributed by atoms with Gasteiger partial charge in [-0.15, -0.1) is 0 Å². The summed E-state index contributed by atoms with van der Waals surface area (Å²) in [5.41, 5.74) is 2.19. The average Bonchev–Trinajstić information content (AvgIpc) is 2.84. The molecule has 1 nitrogen and oxygen atoms in total. The van der Waals surface area contributed by atoms with E-state index in [9.17, 15) is 5.11 Å². The van der Waals surface area contributed by atoms with Crippen molar-refractivity contribution in [2.75, 3.05) is 6.61 Å². The summed E-state index contributed by atoms with van der Waals surface area (Å²) >= 11 is 0. The van der Waals surface area contributed by atoms with Crippen LogP contribution in [0, 0.1) is 35.0 Å². The van der Waals surface area contributed by atoms with Gasteiger partial charge in [-0.1, -0.05) is 25.2 Å². The van der Waals surface area contributed by atoms with Gasteiger partial charge < -0.3 is 5.11 Å². The topological polar surface area (TPSA) is 20.2 Å². The summed E-state index contributed by atoms with van der Waals surface area (Å²) in [5, 5.41) is 9.40. The molecule has 2 saturated carbocycles. The van der Waals surface area contributed by atoms with Crippen molar-refractivity contribution in [3.8, 4) is 0 Å². The lowest BCUT2D eigenvalue weighted by atomic mass is 9.52. The highest BCUT2D eigenvalue weighted by Crippen LogP contribution is 2.63. The first-order chi connectivity index (χ1) is 10.2. The molecule has 1 N–H and O–H groups in total. The maximum Gasteiger partial charge on any atom is 0.0433 e. The summed E-state index contributed by atoms with van der Waals surface area (Å²) < 4.78 is 0. The third-order valence-corrected chi connectivity index (χ3v) is 7.69. The van der Waals surface area contributed by atoms with Crippen LogP contribution in [-0.4, -0.2) is 11.7 Å². The van der Waals surface area contributed by atoms with Crippen molar-refractivity contribution in [3.63, 3.8) is 0 Å². The van der Waals surface area contributed by atoms with E-state index < -0.39 is 0 Å². The molecule has 116 valence electrons. The van der Waals surface area contributed by atoms with E-state index in [1.807, 2.05) is 0 Å². The van der Waals surface area contributed by atoms with Crippen molar-refractivity contribution < 1.29 is 5.11 Å². The first-order valence-electron chi connectivity index (χ1n) is 9.21. The van der Waals surface area contributed by atoms with Crippen molar-refractivity contribution >= 4 is 0 Å². The molecule has 0 unspecified atom stereocenters. The quantitative estimate of drug-likeness (QED) is 0.778. The van der Waals surface area contributed by atoms with Crippen LogP contribution in [0.15, 0.2) is 23.8 Å². The van der Waals surface area contributed by atoms with Gasteiger partial charge in [-0.3, -0.25) is 0 Å². The molecule has 0 aromatic heterocycles. The Labute approximate surface area is 129 Å². The van der Waals surface area contributed by atoms with Gasteiger partial charge in [0, 0.05) is 6.61 Å². The Morgan fingerprint density at radius 2 is 2.10 bits per heavy atom. The van der Waals surface area contributed by atoms with Crippen LogP contribution < -0.4 is 0 Å². The Balaban J connectivity index is 1.60. The first-order valence-corrected chi connectivity index (χ1v) is 9.21. The van der Waals surface area contributed by atoms with E-state index in [1.54, 1.807) is 5.57 Å². The molecule has 0 spiro atoms. The highest BCUT2D eigenvalue weighted by molar-refractivity contribution is 5.29. The van der Waals surface area contributed by atoms with Gasteiger partial charge in [0.1, 0.15) is 0 Å². The lowest BCUT2D eigenvalue weighted by Crippen LogP contribution is -2.45. The van der Waals surface area contributed by atoms with Gasteiger partial charge in [-0.05, 0) is 91.9 Å². The third kappa shape index (κ3) is 2.07. The number of hydrogen-bond donors (Lipinski definition) is 1. The summed E-state index contributed by atoms with van der Waals surface area (Å²) in [6, 6.07) is 0. The zero-order valence-corrected chi connectivity index (χ0v) is 13.4. The minimum atomic E-state index is 0.387.